The van der Waals surface area contributed by atoms with Crippen LogP contribution in [0.25, 0.3) is 6.08 Å². The lowest BCUT2D eigenvalue weighted by Gasteiger charge is -2.26. The summed E-state index contributed by atoms with van der Waals surface area (Å²) in [6, 6.07) is 14.1. The fraction of sp³-hybridized carbons (Fsp3) is 0.500. The van der Waals surface area contributed by atoms with Crippen LogP contribution in [0.2, 0.25) is 0 Å². The minimum Gasteiger partial charge on any atom is -0.335 e. The number of para-hydroxylation sites is 1. The van der Waals surface area contributed by atoms with Crippen molar-refractivity contribution in [1.82, 2.24) is 0 Å². The zero-order valence-corrected chi connectivity index (χ0v) is 19.0. The summed E-state index contributed by atoms with van der Waals surface area (Å²) >= 11 is 1.89. The van der Waals surface area contributed by atoms with Crippen LogP contribution in [0.15, 0.2) is 46.3 Å². The molecule has 2 bridgehead atoms. The lowest BCUT2D eigenvalue weighted by Crippen LogP contribution is -2.48. The molecular weight excluding hydrogens is 372 g/mol. The SMILES string of the molecule is CCN1C(=Cc2cc(C)[n+]([C@H](C)[C@@H]3C[C@H]4CC[C@H]3C4)c(C)c2)Sc2ccccc21. The standard InChI is InChI=1S/C26H33N2S/c1-5-27-24-8-6-7-9-25(24)29-26(27)16-21-12-17(2)28(18(3)13-21)19(4)23-15-20-10-11-22(23)14-20/h6-9,12-13,16,19-20,22-23H,5,10-11,14-15H2,1-4H3/q+1/t19-,20+,22+,23+/m1/s1. The molecule has 29 heavy (non-hydrogen) atoms. The van der Waals surface area contributed by atoms with Crippen LogP contribution >= 0.6 is 11.8 Å². The maximum Gasteiger partial charge on any atom is 0.179 e. The lowest BCUT2D eigenvalue weighted by molar-refractivity contribution is -0.738. The summed E-state index contributed by atoms with van der Waals surface area (Å²) in [5.74, 6) is 2.85. The minimum absolute atomic E-state index is 0.615. The number of rotatable bonds is 4. The second-order valence-corrected chi connectivity index (χ2v) is 10.4. The van der Waals surface area contributed by atoms with Crippen LogP contribution in [-0.4, -0.2) is 6.54 Å². The van der Waals surface area contributed by atoms with Crippen molar-refractivity contribution in [3.05, 3.63) is 58.4 Å². The highest BCUT2D eigenvalue weighted by Gasteiger charge is 2.45. The summed E-state index contributed by atoms with van der Waals surface area (Å²) < 4.78 is 2.61. The summed E-state index contributed by atoms with van der Waals surface area (Å²) in [5, 5.41) is 1.34. The highest BCUT2D eigenvalue weighted by Crippen LogP contribution is 2.51. The first kappa shape index (κ1) is 19.2. The smallest absolute Gasteiger partial charge is 0.179 e. The van der Waals surface area contributed by atoms with Crippen LogP contribution in [0.5, 0.6) is 0 Å². The first-order chi connectivity index (χ1) is 14.0. The Labute approximate surface area is 180 Å². The molecule has 2 heterocycles. The van der Waals surface area contributed by atoms with Gasteiger partial charge < -0.3 is 4.90 Å². The molecule has 5 rings (SSSR count). The summed E-state index contributed by atoms with van der Waals surface area (Å²) in [6.07, 6.45) is 8.26. The van der Waals surface area contributed by atoms with Crippen molar-refractivity contribution in [2.45, 2.75) is 64.3 Å². The summed E-state index contributed by atoms with van der Waals surface area (Å²) in [6.45, 7) is 10.3. The van der Waals surface area contributed by atoms with Crippen LogP contribution in [0.1, 0.15) is 62.5 Å². The molecule has 1 aliphatic heterocycles. The second kappa shape index (κ2) is 7.50. The van der Waals surface area contributed by atoms with Gasteiger partial charge in [-0.15, -0.1) is 0 Å². The maximum absolute atomic E-state index is 2.61. The van der Waals surface area contributed by atoms with E-state index in [0.29, 0.717) is 6.04 Å². The van der Waals surface area contributed by atoms with Gasteiger partial charge in [-0.2, -0.15) is 4.57 Å². The number of hydrogen-bond acceptors (Lipinski definition) is 2. The fourth-order valence-corrected chi connectivity index (χ4v) is 7.56. The molecule has 0 saturated heterocycles. The van der Waals surface area contributed by atoms with E-state index in [9.17, 15) is 0 Å². The van der Waals surface area contributed by atoms with Gasteiger partial charge in [-0.1, -0.05) is 30.3 Å². The van der Waals surface area contributed by atoms with Gasteiger partial charge in [0.15, 0.2) is 17.4 Å². The number of benzene rings is 1. The molecule has 0 amide bonds. The largest absolute Gasteiger partial charge is 0.335 e. The molecule has 0 unspecified atom stereocenters. The van der Waals surface area contributed by atoms with Crippen LogP contribution in [0.3, 0.4) is 0 Å². The van der Waals surface area contributed by atoms with E-state index in [2.05, 4.69) is 79.6 Å². The van der Waals surface area contributed by atoms with Gasteiger partial charge in [-0.3, -0.25) is 0 Å². The molecule has 4 atom stereocenters. The van der Waals surface area contributed by atoms with Gasteiger partial charge in [0.2, 0.25) is 0 Å². The summed E-state index contributed by atoms with van der Waals surface area (Å²) in [5.41, 5.74) is 5.46. The monoisotopic (exact) mass is 405 g/mol. The van der Waals surface area contributed by atoms with E-state index in [1.165, 1.54) is 58.2 Å². The van der Waals surface area contributed by atoms with Crippen LogP contribution in [-0.2, 0) is 0 Å². The van der Waals surface area contributed by atoms with E-state index < -0.39 is 0 Å². The molecule has 3 aliphatic rings. The molecule has 2 saturated carbocycles. The molecule has 0 N–H and O–H groups in total. The molecule has 0 spiro atoms. The zero-order valence-electron chi connectivity index (χ0n) is 18.2. The molecule has 152 valence electrons. The van der Waals surface area contributed by atoms with Gasteiger partial charge in [0.25, 0.3) is 0 Å². The third kappa shape index (κ3) is 3.32. The van der Waals surface area contributed by atoms with Crippen molar-refractivity contribution < 1.29 is 4.57 Å². The van der Waals surface area contributed by atoms with E-state index >= 15 is 0 Å². The van der Waals surface area contributed by atoms with Crippen molar-refractivity contribution in [2.24, 2.45) is 17.8 Å². The average Bonchev–Trinajstić information content (AvgIpc) is 3.41. The van der Waals surface area contributed by atoms with Gasteiger partial charge in [-0.25, -0.2) is 0 Å². The highest BCUT2D eigenvalue weighted by molar-refractivity contribution is 8.03. The lowest BCUT2D eigenvalue weighted by atomic mass is 9.83. The number of hydrogen-bond donors (Lipinski definition) is 0. The number of pyridine rings is 1. The van der Waals surface area contributed by atoms with Crippen LogP contribution in [0.4, 0.5) is 5.69 Å². The molecular formula is C26H33N2S+. The second-order valence-electron chi connectivity index (χ2n) is 9.32. The number of thioether (sulfide) groups is 1. The van der Waals surface area contributed by atoms with Crippen LogP contribution in [0, 0.1) is 31.6 Å². The molecule has 0 radical (unpaired) electrons. The van der Waals surface area contributed by atoms with E-state index in [0.717, 1.165) is 24.3 Å². The molecule has 2 nitrogen and oxygen atoms in total. The van der Waals surface area contributed by atoms with Gasteiger partial charge in [-0.05, 0) is 68.7 Å². The number of aromatic nitrogens is 1. The quantitative estimate of drug-likeness (QED) is 0.535. The summed E-state index contributed by atoms with van der Waals surface area (Å²) in [4.78, 5) is 3.80. The fourth-order valence-electron chi connectivity index (χ4n) is 6.37. The molecule has 3 heteroatoms. The number of fused-ring (bicyclic) bond motifs is 3. The molecule has 1 aromatic heterocycles. The van der Waals surface area contributed by atoms with Gasteiger partial charge in [0.1, 0.15) is 0 Å². The van der Waals surface area contributed by atoms with Crippen molar-refractivity contribution in [2.75, 3.05) is 11.4 Å². The Kier molecular flexibility index (Phi) is 4.98. The van der Waals surface area contributed by atoms with Crippen molar-refractivity contribution >= 4 is 23.5 Å². The van der Waals surface area contributed by atoms with Crippen molar-refractivity contribution in [1.29, 1.82) is 0 Å². The zero-order chi connectivity index (χ0) is 20.1. The van der Waals surface area contributed by atoms with Gasteiger partial charge >= 0.3 is 0 Å². The Hall–Kier alpha value is -1.74. The van der Waals surface area contributed by atoms with E-state index in [1.54, 1.807) is 0 Å². The Balaban J connectivity index is 1.44. The Morgan fingerprint density at radius 2 is 1.90 bits per heavy atom. The van der Waals surface area contributed by atoms with E-state index in [-0.39, 0.29) is 0 Å². The highest BCUT2D eigenvalue weighted by atomic mass is 32.2. The number of nitrogens with zero attached hydrogens (tertiary/aromatic N) is 2. The van der Waals surface area contributed by atoms with E-state index in [1.807, 2.05) is 11.8 Å². The third-order valence-electron chi connectivity index (χ3n) is 7.57. The Bertz CT molecular complexity index is 940. The van der Waals surface area contributed by atoms with Crippen molar-refractivity contribution in [3.63, 3.8) is 0 Å². The first-order valence-corrected chi connectivity index (χ1v) is 12.2. The van der Waals surface area contributed by atoms with Gasteiger partial charge in [0.05, 0.1) is 10.7 Å². The number of aryl methyl sites for hydroxylation is 2. The first-order valence-electron chi connectivity index (χ1n) is 11.3. The Morgan fingerprint density at radius 1 is 1.14 bits per heavy atom. The normalized spacial score (nSPS) is 27.7. The predicted molar refractivity (Wildman–Crippen MR) is 123 cm³/mol. The van der Waals surface area contributed by atoms with Crippen LogP contribution < -0.4 is 9.47 Å². The minimum atomic E-state index is 0.615. The van der Waals surface area contributed by atoms with Crippen molar-refractivity contribution in [3.8, 4) is 0 Å². The third-order valence-corrected chi connectivity index (χ3v) is 8.69. The predicted octanol–water partition coefficient (Wildman–Crippen LogP) is 6.52. The average molecular weight is 406 g/mol. The molecule has 2 aromatic rings. The topological polar surface area (TPSA) is 7.12 Å². The van der Waals surface area contributed by atoms with Gasteiger partial charge in [0, 0.05) is 43.3 Å². The summed E-state index contributed by atoms with van der Waals surface area (Å²) in [7, 11) is 0. The Morgan fingerprint density at radius 3 is 2.55 bits per heavy atom. The molecule has 2 fully saturated rings. The molecule has 1 aromatic carbocycles. The molecule has 2 aliphatic carbocycles. The maximum atomic E-state index is 2.61. The number of anilines is 1. The van der Waals surface area contributed by atoms with E-state index in [4.69, 9.17) is 0 Å².